The molecule has 0 unspecified atom stereocenters. The Hall–Kier alpha value is -1.59. The minimum Gasteiger partial charge on any atom is -0.480 e. The zero-order valence-electron chi connectivity index (χ0n) is 11.0. The molecule has 5 heteroatoms. The maximum Gasteiger partial charge on any atom is 0.233 e. The Labute approximate surface area is 117 Å². The number of thioether (sulfide) groups is 1. The standard InChI is InChI=1S/C14H16N2O2S/c1-17-9-11-3-6-13(7-4-11)19-10-12-5-8-14(18-2)16-15-12/h3-8H,9-10H2,1-2H3. The van der Waals surface area contributed by atoms with Gasteiger partial charge in [-0.05, 0) is 23.8 Å². The van der Waals surface area contributed by atoms with E-state index >= 15 is 0 Å². The van der Waals surface area contributed by atoms with Crippen molar-refractivity contribution in [2.45, 2.75) is 17.3 Å². The van der Waals surface area contributed by atoms with E-state index in [9.17, 15) is 0 Å². The Balaban J connectivity index is 1.90. The van der Waals surface area contributed by atoms with E-state index in [0.717, 1.165) is 11.4 Å². The first-order valence-electron chi connectivity index (χ1n) is 5.89. The minimum atomic E-state index is 0.540. The fourth-order valence-corrected chi connectivity index (χ4v) is 2.34. The zero-order valence-corrected chi connectivity index (χ0v) is 11.8. The Kier molecular flexibility index (Phi) is 5.18. The molecule has 0 radical (unpaired) electrons. The number of aromatic nitrogens is 2. The molecule has 4 nitrogen and oxygen atoms in total. The molecule has 0 spiro atoms. The van der Waals surface area contributed by atoms with Gasteiger partial charge in [-0.15, -0.1) is 16.9 Å². The zero-order chi connectivity index (χ0) is 13.5. The maximum atomic E-state index is 5.08. The normalized spacial score (nSPS) is 10.4. The third kappa shape index (κ3) is 4.22. The molecule has 0 bridgehead atoms. The average Bonchev–Trinajstić information content (AvgIpc) is 2.47. The number of benzene rings is 1. The first-order valence-corrected chi connectivity index (χ1v) is 6.87. The number of rotatable bonds is 6. The van der Waals surface area contributed by atoms with Crippen LogP contribution in [0.4, 0.5) is 0 Å². The SMILES string of the molecule is COCc1ccc(SCc2ccc(OC)nn2)cc1. The summed E-state index contributed by atoms with van der Waals surface area (Å²) in [4.78, 5) is 1.21. The van der Waals surface area contributed by atoms with Crippen molar-refractivity contribution in [2.75, 3.05) is 14.2 Å². The van der Waals surface area contributed by atoms with Crippen LogP contribution in [-0.4, -0.2) is 24.4 Å². The second-order valence-electron chi connectivity index (χ2n) is 3.93. The lowest BCUT2D eigenvalue weighted by Crippen LogP contribution is -1.94. The second kappa shape index (κ2) is 7.11. The molecule has 1 aromatic heterocycles. The van der Waals surface area contributed by atoms with Crippen molar-refractivity contribution < 1.29 is 9.47 Å². The molecule has 0 amide bonds. The Bertz CT molecular complexity index is 500. The lowest BCUT2D eigenvalue weighted by molar-refractivity contribution is 0.185. The maximum absolute atomic E-state index is 5.08. The number of nitrogens with zero attached hydrogens (tertiary/aromatic N) is 2. The molecule has 2 aromatic rings. The van der Waals surface area contributed by atoms with Gasteiger partial charge in [0.2, 0.25) is 5.88 Å². The minimum absolute atomic E-state index is 0.540. The van der Waals surface area contributed by atoms with E-state index in [-0.39, 0.29) is 0 Å². The molecule has 100 valence electrons. The predicted molar refractivity (Wildman–Crippen MR) is 75.3 cm³/mol. The van der Waals surface area contributed by atoms with Gasteiger partial charge in [0.15, 0.2) is 0 Å². The van der Waals surface area contributed by atoms with Crippen LogP contribution in [-0.2, 0) is 17.1 Å². The van der Waals surface area contributed by atoms with Crippen LogP contribution in [0.25, 0.3) is 0 Å². The molecule has 0 aliphatic rings. The molecule has 2 rings (SSSR count). The van der Waals surface area contributed by atoms with E-state index in [4.69, 9.17) is 9.47 Å². The van der Waals surface area contributed by atoms with E-state index in [1.807, 2.05) is 12.1 Å². The average molecular weight is 276 g/mol. The molecule has 19 heavy (non-hydrogen) atoms. The van der Waals surface area contributed by atoms with Gasteiger partial charge in [0, 0.05) is 23.8 Å². The molecule has 0 aliphatic heterocycles. The van der Waals surface area contributed by atoms with Crippen LogP contribution in [0.3, 0.4) is 0 Å². The molecule has 1 aromatic carbocycles. The Morgan fingerprint density at radius 2 is 1.79 bits per heavy atom. The molecular formula is C14H16N2O2S. The van der Waals surface area contributed by atoms with Crippen molar-refractivity contribution in [1.29, 1.82) is 0 Å². The molecule has 1 heterocycles. The smallest absolute Gasteiger partial charge is 0.233 e. The van der Waals surface area contributed by atoms with Crippen molar-refractivity contribution in [2.24, 2.45) is 0 Å². The van der Waals surface area contributed by atoms with Crippen LogP contribution in [0.5, 0.6) is 5.88 Å². The summed E-state index contributed by atoms with van der Waals surface area (Å²) in [6.07, 6.45) is 0. The summed E-state index contributed by atoms with van der Waals surface area (Å²) in [6.45, 7) is 0.648. The van der Waals surface area contributed by atoms with E-state index in [2.05, 4.69) is 34.5 Å². The van der Waals surface area contributed by atoms with Crippen molar-refractivity contribution in [3.05, 3.63) is 47.7 Å². The summed E-state index contributed by atoms with van der Waals surface area (Å²) >= 11 is 1.73. The van der Waals surface area contributed by atoms with Crippen LogP contribution in [0, 0.1) is 0 Å². The van der Waals surface area contributed by atoms with Gasteiger partial charge in [-0.2, -0.15) is 5.10 Å². The number of hydrogen-bond acceptors (Lipinski definition) is 5. The van der Waals surface area contributed by atoms with E-state index in [1.54, 1.807) is 26.0 Å². The van der Waals surface area contributed by atoms with Crippen molar-refractivity contribution in [1.82, 2.24) is 10.2 Å². The van der Waals surface area contributed by atoms with Crippen LogP contribution in [0.15, 0.2) is 41.3 Å². The molecule has 0 fully saturated rings. The highest BCUT2D eigenvalue weighted by Gasteiger charge is 2.00. The van der Waals surface area contributed by atoms with Gasteiger partial charge in [0.1, 0.15) is 0 Å². The summed E-state index contributed by atoms with van der Waals surface area (Å²) in [5.74, 6) is 1.33. The Morgan fingerprint density at radius 1 is 1.00 bits per heavy atom. The van der Waals surface area contributed by atoms with Gasteiger partial charge in [-0.1, -0.05) is 12.1 Å². The molecular weight excluding hydrogens is 260 g/mol. The van der Waals surface area contributed by atoms with E-state index < -0.39 is 0 Å². The van der Waals surface area contributed by atoms with Gasteiger partial charge in [-0.3, -0.25) is 0 Å². The van der Waals surface area contributed by atoms with Crippen LogP contribution >= 0.6 is 11.8 Å². The summed E-state index contributed by atoms with van der Waals surface area (Å²) < 4.78 is 10.1. The first kappa shape index (κ1) is 13.8. The summed E-state index contributed by atoms with van der Waals surface area (Å²) in [5.41, 5.74) is 2.11. The van der Waals surface area contributed by atoms with Crippen LogP contribution in [0.1, 0.15) is 11.3 Å². The van der Waals surface area contributed by atoms with Gasteiger partial charge in [-0.25, -0.2) is 0 Å². The lowest BCUT2D eigenvalue weighted by atomic mass is 10.2. The largest absolute Gasteiger partial charge is 0.480 e. The van der Waals surface area contributed by atoms with E-state index in [0.29, 0.717) is 12.5 Å². The molecule has 0 atom stereocenters. The monoisotopic (exact) mass is 276 g/mol. The summed E-state index contributed by atoms with van der Waals surface area (Å²) in [7, 11) is 3.28. The quantitative estimate of drug-likeness (QED) is 0.759. The Morgan fingerprint density at radius 3 is 2.37 bits per heavy atom. The van der Waals surface area contributed by atoms with Crippen molar-refractivity contribution in [3.8, 4) is 5.88 Å². The molecule has 0 saturated heterocycles. The highest BCUT2D eigenvalue weighted by atomic mass is 32.2. The molecule has 0 N–H and O–H groups in total. The second-order valence-corrected chi connectivity index (χ2v) is 4.98. The predicted octanol–water partition coefficient (Wildman–Crippen LogP) is 2.92. The van der Waals surface area contributed by atoms with Gasteiger partial charge in [0.25, 0.3) is 0 Å². The third-order valence-electron chi connectivity index (χ3n) is 2.53. The lowest BCUT2D eigenvalue weighted by Gasteiger charge is -2.04. The van der Waals surface area contributed by atoms with Crippen molar-refractivity contribution >= 4 is 11.8 Å². The van der Waals surface area contributed by atoms with Crippen LogP contribution < -0.4 is 4.74 Å². The highest BCUT2D eigenvalue weighted by Crippen LogP contribution is 2.22. The fourth-order valence-electron chi connectivity index (χ4n) is 1.54. The van der Waals surface area contributed by atoms with E-state index in [1.165, 1.54) is 10.5 Å². The molecule has 0 aliphatic carbocycles. The number of hydrogen-bond donors (Lipinski definition) is 0. The highest BCUT2D eigenvalue weighted by molar-refractivity contribution is 7.98. The third-order valence-corrected chi connectivity index (χ3v) is 3.57. The first-order chi connectivity index (χ1) is 9.31. The topological polar surface area (TPSA) is 44.2 Å². The molecule has 0 saturated carbocycles. The summed E-state index contributed by atoms with van der Waals surface area (Å²) in [5, 5.41) is 8.04. The van der Waals surface area contributed by atoms with Crippen molar-refractivity contribution in [3.63, 3.8) is 0 Å². The summed E-state index contributed by atoms with van der Waals surface area (Å²) in [6, 6.07) is 12.1. The van der Waals surface area contributed by atoms with Gasteiger partial charge < -0.3 is 9.47 Å². The van der Waals surface area contributed by atoms with Crippen LogP contribution in [0.2, 0.25) is 0 Å². The number of ether oxygens (including phenoxy) is 2. The van der Waals surface area contributed by atoms with Gasteiger partial charge >= 0.3 is 0 Å². The fraction of sp³-hybridized carbons (Fsp3) is 0.286. The van der Waals surface area contributed by atoms with Gasteiger partial charge in [0.05, 0.1) is 19.4 Å². The number of methoxy groups -OCH3 is 2.